The zero-order valence-electron chi connectivity index (χ0n) is 9.62. The first-order valence-corrected chi connectivity index (χ1v) is 5.98. The van der Waals surface area contributed by atoms with Crippen LogP contribution in [-0.4, -0.2) is 32.8 Å². The lowest BCUT2D eigenvalue weighted by Gasteiger charge is -2.17. The summed E-state index contributed by atoms with van der Waals surface area (Å²) in [5.41, 5.74) is 7.18. The first kappa shape index (κ1) is 13.2. The Labute approximate surface area is 109 Å². The molecule has 0 saturated carbocycles. The molecule has 1 aromatic heterocycles. The summed E-state index contributed by atoms with van der Waals surface area (Å²) in [5.74, 6) is 0. The Kier molecular flexibility index (Phi) is 4.08. The maximum Gasteiger partial charge on any atom is 0.148 e. The van der Waals surface area contributed by atoms with Crippen LogP contribution in [0.4, 0.5) is 0 Å². The zero-order valence-corrected chi connectivity index (χ0v) is 10.4. The minimum absolute atomic E-state index is 0.289. The number of halogens is 1. The maximum atomic E-state index is 9.96. The number of fused-ring (bicyclic) bond motifs is 1. The minimum Gasteiger partial charge on any atom is -0.390 e. The fourth-order valence-electron chi connectivity index (χ4n) is 1.74. The topological polar surface area (TPSA) is 92.3 Å². The van der Waals surface area contributed by atoms with Gasteiger partial charge in [0.2, 0.25) is 0 Å². The van der Waals surface area contributed by atoms with Crippen LogP contribution in [0.5, 0.6) is 0 Å². The number of aliphatic hydroxyl groups excluding tert-OH is 2. The molecule has 2 atom stereocenters. The van der Waals surface area contributed by atoms with Crippen LogP contribution in [0.3, 0.4) is 0 Å². The molecule has 18 heavy (non-hydrogen) atoms. The largest absolute Gasteiger partial charge is 0.390 e. The van der Waals surface area contributed by atoms with Gasteiger partial charge in [0.25, 0.3) is 0 Å². The Morgan fingerprint density at radius 1 is 1.28 bits per heavy atom. The number of benzene rings is 1. The van der Waals surface area contributed by atoms with Gasteiger partial charge in [0.15, 0.2) is 0 Å². The van der Waals surface area contributed by atoms with Crippen molar-refractivity contribution in [1.82, 2.24) is 9.97 Å². The third-order valence-electron chi connectivity index (χ3n) is 2.71. The monoisotopic (exact) mass is 267 g/mol. The molecule has 0 aliphatic rings. The summed E-state index contributed by atoms with van der Waals surface area (Å²) in [6.07, 6.45) is -0.0812. The number of nitrogens with two attached hydrogens (primary N) is 1. The Balaban J connectivity index is 2.34. The maximum absolute atomic E-state index is 9.96. The van der Waals surface area contributed by atoms with Gasteiger partial charge in [0, 0.05) is 0 Å². The summed E-state index contributed by atoms with van der Waals surface area (Å²) in [7, 11) is 0. The summed E-state index contributed by atoms with van der Waals surface area (Å²) in [4.78, 5) is 8.21. The molecule has 4 N–H and O–H groups in total. The normalized spacial score (nSPS) is 14.7. The van der Waals surface area contributed by atoms with E-state index in [4.69, 9.17) is 17.3 Å². The van der Waals surface area contributed by atoms with E-state index in [1.54, 1.807) is 18.2 Å². The van der Waals surface area contributed by atoms with Gasteiger partial charge < -0.3 is 15.9 Å². The van der Waals surface area contributed by atoms with Crippen molar-refractivity contribution in [1.29, 1.82) is 0 Å². The van der Waals surface area contributed by atoms with Crippen molar-refractivity contribution in [2.24, 2.45) is 5.73 Å². The highest BCUT2D eigenvalue weighted by atomic mass is 35.5. The van der Waals surface area contributed by atoms with Gasteiger partial charge in [-0.1, -0.05) is 17.7 Å². The Morgan fingerprint density at radius 2 is 2.06 bits per heavy atom. The number of aliphatic hydroxyl groups is 2. The summed E-state index contributed by atoms with van der Waals surface area (Å²) in [6.45, 7) is 0.317. The van der Waals surface area contributed by atoms with Gasteiger partial charge in [-0.05, 0) is 30.7 Å². The van der Waals surface area contributed by atoms with Gasteiger partial charge in [0.1, 0.15) is 11.3 Å². The molecule has 0 fully saturated rings. The smallest absolute Gasteiger partial charge is 0.148 e. The van der Waals surface area contributed by atoms with Gasteiger partial charge in [-0.2, -0.15) is 0 Å². The average Bonchev–Trinajstić information content (AvgIpc) is 2.37. The van der Waals surface area contributed by atoms with Crippen molar-refractivity contribution < 1.29 is 10.2 Å². The highest BCUT2D eigenvalue weighted by Crippen LogP contribution is 2.22. The van der Waals surface area contributed by atoms with E-state index < -0.39 is 12.2 Å². The Hall–Kier alpha value is -1.27. The molecule has 5 nitrogen and oxygen atoms in total. The van der Waals surface area contributed by atoms with E-state index in [2.05, 4.69) is 9.97 Å². The van der Waals surface area contributed by atoms with E-state index in [-0.39, 0.29) is 5.15 Å². The average molecular weight is 268 g/mol. The summed E-state index contributed by atoms with van der Waals surface area (Å²) in [6, 6.07) is 5.10. The molecule has 1 heterocycles. The van der Waals surface area contributed by atoms with Crippen molar-refractivity contribution in [3.05, 3.63) is 35.1 Å². The van der Waals surface area contributed by atoms with E-state index in [9.17, 15) is 10.2 Å². The van der Waals surface area contributed by atoms with Crippen LogP contribution in [0.25, 0.3) is 11.0 Å². The predicted octanol–water partition coefficient (Wildman–Crippen LogP) is 1.03. The van der Waals surface area contributed by atoms with Gasteiger partial charge in [-0.15, -0.1) is 0 Å². The van der Waals surface area contributed by atoms with Crippen LogP contribution < -0.4 is 5.73 Å². The number of aromatic nitrogens is 2. The highest BCUT2D eigenvalue weighted by Gasteiger charge is 2.18. The summed E-state index contributed by atoms with van der Waals surface area (Å²) in [5, 5.41) is 20.0. The molecule has 0 radical (unpaired) electrons. The molecule has 1 aromatic carbocycles. The fraction of sp³-hybridized carbons (Fsp3) is 0.333. The second-order valence-electron chi connectivity index (χ2n) is 4.03. The predicted molar refractivity (Wildman–Crippen MR) is 69.2 cm³/mol. The van der Waals surface area contributed by atoms with Gasteiger partial charge in [-0.3, -0.25) is 4.98 Å². The van der Waals surface area contributed by atoms with E-state index in [1.807, 2.05) is 0 Å². The molecule has 2 rings (SSSR count). The zero-order chi connectivity index (χ0) is 13.1. The molecular weight excluding hydrogens is 254 g/mol. The highest BCUT2D eigenvalue weighted by molar-refractivity contribution is 6.29. The third kappa shape index (κ3) is 2.76. The van der Waals surface area contributed by atoms with Crippen molar-refractivity contribution in [3.63, 3.8) is 0 Å². The number of hydrogen-bond acceptors (Lipinski definition) is 5. The second kappa shape index (κ2) is 5.58. The first-order chi connectivity index (χ1) is 8.61. The first-order valence-electron chi connectivity index (χ1n) is 5.60. The van der Waals surface area contributed by atoms with Crippen LogP contribution in [0, 0.1) is 0 Å². The van der Waals surface area contributed by atoms with E-state index in [0.29, 0.717) is 29.6 Å². The molecule has 0 aliphatic heterocycles. The van der Waals surface area contributed by atoms with Gasteiger partial charge >= 0.3 is 0 Å². The minimum atomic E-state index is -0.987. The molecule has 96 valence electrons. The quantitative estimate of drug-likeness (QED) is 0.769. The van der Waals surface area contributed by atoms with Crippen LogP contribution in [-0.2, 0) is 0 Å². The van der Waals surface area contributed by atoms with Crippen molar-refractivity contribution in [2.45, 2.75) is 18.6 Å². The standard InChI is InChI=1S/C12H14ClN3O2/c13-11-6-15-8-2-1-7(5-9(8)16-11)12(18)10(17)3-4-14/h1-2,5-6,10,12,17-18H,3-4,14H2. The van der Waals surface area contributed by atoms with Crippen molar-refractivity contribution in [2.75, 3.05) is 6.54 Å². The lowest BCUT2D eigenvalue weighted by molar-refractivity contribution is 0.0151. The van der Waals surface area contributed by atoms with Crippen molar-refractivity contribution in [3.8, 4) is 0 Å². The molecule has 0 aliphatic carbocycles. The lowest BCUT2D eigenvalue weighted by Crippen LogP contribution is -2.21. The summed E-state index contributed by atoms with van der Waals surface area (Å²) >= 11 is 5.76. The number of rotatable bonds is 4. The van der Waals surface area contributed by atoms with Crippen LogP contribution in [0.2, 0.25) is 5.15 Å². The molecule has 0 amide bonds. The SMILES string of the molecule is NCCC(O)C(O)c1ccc2ncc(Cl)nc2c1. The molecule has 2 unspecified atom stereocenters. The number of hydrogen-bond donors (Lipinski definition) is 3. The molecule has 0 bridgehead atoms. The Bertz CT molecular complexity index is 550. The number of nitrogens with zero attached hydrogens (tertiary/aromatic N) is 2. The van der Waals surface area contributed by atoms with Crippen LogP contribution in [0.15, 0.2) is 24.4 Å². The molecular formula is C12H14ClN3O2. The lowest BCUT2D eigenvalue weighted by atomic mass is 10.0. The third-order valence-corrected chi connectivity index (χ3v) is 2.89. The van der Waals surface area contributed by atoms with Gasteiger partial charge in [0.05, 0.1) is 23.3 Å². The van der Waals surface area contributed by atoms with Gasteiger partial charge in [-0.25, -0.2) is 4.98 Å². The molecule has 0 saturated heterocycles. The molecule has 6 heteroatoms. The van der Waals surface area contributed by atoms with E-state index in [1.165, 1.54) is 6.20 Å². The van der Waals surface area contributed by atoms with Crippen LogP contribution >= 0.6 is 11.6 Å². The second-order valence-corrected chi connectivity index (χ2v) is 4.42. The fourth-order valence-corrected chi connectivity index (χ4v) is 1.88. The van der Waals surface area contributed by atoms with Crippen LogP contribution in [0.1, 0.15) is 18.1 Å². The van der Waals surface area contributed by atoms with E-state index >= 15 is 0 Å². The Morgan fingerprint density at radius 3 is 2.78 bits per heavy atom. The van der Waals surface area contributed by atoms with E-state index in [0.717, 1.165) is 0 Å². The summed E-state index contributed by atoms with van der Waals surface area (Å²) < 4.78 is 0. The van der Waals surface area contributed by atoms with Crippen molar-refractivity contribution >= 4 is 22.6 Å². The molecule has 2 aromatic rings. The molecule has 0 spiro atoms.